The minimum Gasteiger partial charge on any atom is -0.435 e. The van der Waals surface area contributed by atoms with Gasteiger partial charge in [-0.15, -0.1) is 4.48 Å². The SMILES string of the molecule is CC(O)C[N+](C)(C(=O)O)C(=O)O. The second-order valence-electron chi connectivity index (χ2n) is 2.79. The summed E-state index contributed by atoms with van der Waals surface area (Å²) in [6.45, 7) is 0.979. The van der Waals surface area contributed by atoms with Gasteiger partial charge in [-0.1, -0.05) is 0 Å². The number of nitrogens with zero attached hydrogens (tertiary/aromatic N) is 1. The number of amides is 2. The standard InChI is InChI=1S/C6H11NO5/c1-4(8)3-7(2,5(9)10)6(11)12/h4,8H,3H2,1-2H3,(H-,9,10,11,12)/p+1. The minimum absolute atomic E-state index is 0.356. The van der Waals surface area contributed by atoms with E-state index in [1.165, 1.54) is 6.92 Å². The fourth-order valence-electron chi connectivity index (χ4n) is 0.766. The average molecular weight is 178 g/mol. The van der Waals surface area contributed by atoms with Gasteiger partial charge in [0.1, 0.15) is 12.6 Å². The van der Waals surface area contributed by atoms with Crippen LogP contribution in [0, 0.1) is 0 Å². The van der Waals surface area contributed by atoms with E-state index in [9.17, 15) is 9.59 Å². The van der Waals surface area contributed by atoms with E-state index in [1.54, 1.807) is 0 Å². The first-order chi connectivity index (χ1) is 5.30. The molecule has 0 aromatic rings. The second-order valence-corrected chi connectivity index (χ2v) is 2.79. The van der Waals surface area contributed by atoms with Crippen molar-refractivity contribution < 1.29 is 29.4 Å². The highest BCUT2D eigenvalue weighted by atomic mass is 16.4. The predicted molar refractivity (Wildman–Crippen MR) is 38.8 cm³/mol. The summed E-state index contributed by atoms with van der Waals surface area (Å²) in [5.41, 5.74) is 0. The van der Waals surface area contributed by atoms with Gasteiger partial charge in [0.2, 0.25) is 0 Å². The molecule has 6 nitrogen and oxygen atoms in total. The molecular formula is C6H12NO5+. The molecule has 0 saturated heterocycles. The Kier molecular flexibility index (Phi) is 3.17. The van der Waals surface area contributed by atoms with E-state index < -0.39 is 22.8 Å². The Hall–Kier alpha value is -1.14. The highest BCUT2D eigenvalue weighted by Crippen LogP contribution is 2.05. The summed E-state index contributed by atoms with van der Waals surface area (Å²) < 4.78 is -1.22. The maximum atomic E-state index is 10.5. The third-order valence-corrected chi connectivity index (χ3v) is 1.47. The van der Waals surface area contributed by atoms with Gasteiger partial charge in [-0.05, 0) is 6.92 Å². The summed E-state index contributed by atoms with van der Waals surface area (Å²) in [7, 11) is 1.01. The van der Waals surface area contributed by atoms with Gasteiger partial charge in [0.25, 0.3) is 0 Å². The lowest BCUT2D eigenvalue weighted by Crippen LogP contribution is -2.55. The first-order valence-corrected chi connectivity index (χ1v) is 3.31. The number of carbonyl (C=O) groups is 2. The van der Waals surface area contributed by atoms with Crippen molar-refractivity contribution in [1.82, 2.24) is 0 Å². The number of aliphatic hydroxyl groups is 1. The largest absolute Gasteiger partial charge is 0.524 e. The van der Waals surface area contributed by atoms with E-state index in [-0.39, 0.29) is 6.54 Å². The lowest BCUT2D eigenvalue weighted by molar-refractivity contribution is -0.766. The monoisotopic (exact) mass is 178 g/mol. The molecule has 70 valence electrons. The van der Waals surface area contributed by atoms with Crippen molar-refractivity contribution in [3.63, 3.8) is 0 Å². The van der Waals surface area contributed by atoms with Crippen molar-refractivity contribution in [1.29, 1.82) is 0 Å². The number of quaternary nitrogens is 1. The van der Waals surface area contributed by atoms with Crippen LogP contribution >= 0.6 is 0 Å². The van der Waals surface area contributed by atoms with E-state index in [2.05, 4.69) is 0 Å². The van der Waals surface area contributed by atoms with Crippen LogP contribution in [-0.4, -0.2) is 51.7 Å². The Morgan fingerprint density at radius 2 is 1.67 bits per heavy atom. The van der Waals surface area contributed by atoms with Crippen molar-refractivity contribution in [2.45, 2.75) is 13.0 Å². The lowest BCUT2D eigenvalue weighted by Gasteiger charge is -2.22. The molecule has 1 unspecified atom stereocenters. The van der Waals surface area contributed by atoms with Crippen LogP contribution < -0.4 is 0 Å². The van der Waals surface area contributed by atoms with Crippen LogP contribution in [0.25, 0.3) is 0 Å². The van der Waals surface area contributed by atoms with Crippen LogP contribution in [0.5, 0.6) is 0 Å². The van der Waals surface area contributed by atoms with Crippen molar-refractivity contribution in [3.05, 3.63) is 0 Å². The molecule has 6 heteroatoms. The molecule has 0 aromatic heterocycles. The van der Waals surface area contributed by atoms with Crippen molar-refractivity contribution >= 4 is 12.2 Å². The molecule has 0 saturated carbocycles. The maximum Gasteiger partial charge on any atom is 0.524 e. The second kappa shape index (κ2) is 3.51. The molecule has 0 rings (SSSR count). The van der Waals surface area contributed by atoms with Crippen LogP contribution in [0.1, 0.15) is 6.92 Å². The molecule has 0 fully saturated rings. The Balaban J connectivity index is 4.63. The van der Waals surface area contributed by atoms with Gasteiger partial charge < -0.3 is 15.3 Å². The molecule has 2 amide bonds. The third-order valence-electron chi connectivity index (χ3n) is 1.47. The summed E-state index contributed by atoms with van der Waals surface area (Å²) in [5.74, 6) is 0. The summed E-state index contributed by atoms with van der Waals surface area (Å²) in [6.07, 6.45) is -3.96. The average Bonchev–Trinajstić information content (AvgIpc) is 1.84. The fourth-order valence-corrected chi connectivity index (χ4v) is 0.766. The molecule has 12 heavy (non-hydrogen) atoms. The number of hydrogen-bond donors (Lipinski definition) is 3. The zero-order chi connectivity index (χ0) is 9.94. The molecule has 0 bridgehead atoms. The molecule has 0 heterocycles. The van der Waals surface area contributed by atoms with Gasteiger partial charge in [0, 0.05) is 0 Å². The summed E-state index contributed by atoms with van der Waals surface area (Å²) in [6, 6.07) is 0. The first-order valence-electron chi connectivity index (χ1n) is 3.31. The zero-order valence-corrected chi connectivity index (χ0v) is 6.89. The molecule has 0 aliphatic heterocycles. The summed E-state index contributed by atoms with van der Waals surface area (Å²) >= 11 is 0. The van der Waals surface area contributed by atoms with Gasteiger partial charge in [-0.3, -0.25) is 0 Å². The van der Waals surface area contributed by atoms with E-state index in [0.29, 0.717) is 0 Å². The summed E-state index contributed by atoms with van der Waals surface area (Å²) in [4.78, 5) is 21.0. The highest BCUT2D eigenvalue weighted by Gasteiger charge is 2.42. The number of likely N-dealkylation sites (N-methyl/N-ethyl adjacent to an activating group) is 1. The van der Waals surface area contributed by atoms with Gasteiger partial charge in [0.15, 0.2) is 0 Å². The van der Waals surface area contributed by atoms with E-state index in [0.717, 1.165) is 7.05 Å². The smallest absolute Gasteiger partial charge is 0.435 e. The molecular weight excluding hydrogens is 166 g/mol. The fraction of sp³-hybridized carbons (Fsp3) is 0.667. The molecule has 1 atom stereocenters. The molecule has 0 aliphatic rings. The normalized spacial score (nSPS) is 13.9. The molecule has 3 N–H and O–H groups in total. The molecule has 0 spiro atoms. The van der Waals surface area contributed by atoms with E-state index >= 15 is 0 Å². The van der Waals surface area contributed by atoms with Gasteiger partial charge in [-0.2, -0.15) is 9.59 Å². The van der Waals surface area contributed by atoms with Crippen LogP contribution in [-0.2, 0) is 0 Å². The molecule has 0 radical (unpaired) electrons. The molecule has 0 aliphatic carbocycles. The van der Waals surface area contributed by atoms with Gasteiger partial charge in [0.05, 0.1) is 7.05 Å². The van der Waals surface area contributed by atoms with Crippen LogP contribution in [0.3, 0.4) is 0 Å². The highest BCUT2D eigenvalue weighted by molar-refractivity contribution is 5.73. The lowest BCUT2D eigenvalue weighted by atomic mass is 10.3. The first kappa shape index (κ1) is 10.9. The Morgan fingerprint density at radius 3 is 1.75 bits per heavy atom. The van der Waals surface area contributed by atoms with Crippen LogP contribution in [0.15, 0.2) is 0 Å². The molecule has 0 aromatic carbocycles. The minimum atomic E-state index is -1.50. The van der Waals surface area contributed by atoms with Crippen molar-refractivity contribution in [2.24, 2.45) is 0 Å². The number of aliphatic hydroxyl groups excluding tert-OH is 1. The quantitative estimate of drug-likeness (QED) is 0.524. The Morgan fingerprint density at radius 1 is 1.33 bits per heavy atom. The predicted octanol–water partition coefficient (Wildman–Crippen LogP) is 0.170. The van der Waals surface area contributed by atoms with Crippen LogP contribution in [0.2, 0.25) is 0 Å². The number of hydrogen-bond acceptors (Lipinski definition) is 3. The van der Waals surface area contributed by atoms with Crippen LogP contribution in [0.4, 0.5) is 9.59 Å². The Bertz CT molecular complexity index is 186. The number of carboxylic acid groups (broad SMARTS) is 2. The third kappa shape index (κ3) is 2.18. The number of imide groups is 1. The maximum absolute atomic E-state index is 10.5. The van der Waals surface area contributed by atoms with Gasteiger partial charge >= 0.3 is 12.2 Å². The number of rotatable bonds is 2. The summed E-state index contributed by atoms with van der Waals surface area (Å²) in [5, 5.41) is 25.9. The van der Waals surface area contributed by atoms with Crippen molar-refractivity contribution in [2.75, 3.05) is 13.6 Å². The topological polar surface area (TPSA) is 94.8 Å². The Labute approximate surface area is 69.2 Å². The van der Waals surface area contributed by atoms with Gasteiger partial charge in [-0.25, -0.2) is 0 Å². The zero-order valence-electron chi connectivity index (χ0n) is 6.89. The van der Waals surface area contributed by atoms with E-state index in [1.807, 2.05) is 0 Å². The van der Waals surface area contributed by atoms with E-state index in [4.69, 9.17) is 15.3 Å². The van der Waals surface area contributed by atoms with Crippen molar-refractivity contribution in [3.8, 4) is 0 Å².